The summed E-state index contributed by atoms with van der Waals surface area (Å²) in [6.45, 7) is 0. The van der Waals surface area contributed by atoms with Gasteiger partial charge in [-0.15, -0.1) is 0 Å². The van der Waals surface area contributed by atoms with Crippen LogP contribution in [0.5, 0.6) is 0 Å². The Morgan fingerprint density at radius 3 is 2.00 bits per heavy atom. The van der Waals surface area contributed by atoms with Crippen LogP contribution in [0.2, 0.25) is 0 Å². The molecule has 1 N–H and O–H groups in total. The third-order valence-electron chi connectivity index (χ3n) is 0.300. The Morgan fingerprint density at radius 1 is 1.62 bits per heavy atom. The van der Waals surface area contributed by atoms with E-state index in [0.29, 0.717) is 0 Å². The van der Waals surface area contributed by atoms with Crippen molar-refractivity contribution >= 4 is 37.8 Å². The fraction of sp³-hybridized carbons (Fsp3) is 0. The second kappa shape index (κ2) is 6.22. The van der Waals surface area contributed by atoms with E-state index < -0.39 is 5.97 Å². The van der Waals surface area contributed by atoms with Crippen LogP contribution < -0.4 is 0 Å². The Labute approximate surface area is 83.8 Å². The standard InChI is InChI=1S/C3H2Br2O2.Cd/c4-1-2(5)3(6)7;/h1H,(H,6,7);. The quantitative estimate of drug-likeness (QED) is 0.582. The average Bonchev–Trinajstić information content (AvgIpc) is 1.65. The first-order chi connectivity index (χ1) is 3.18. The van der Waals surface area contributed by atoms with Crippen LogP contribution in [0.3, 0.4) is 0 Å². The molecule has 0 aromatic heterocycles. The van der Waals surface area contributed by atoms with Crippen molar-refractivity contribution in [2.24, 2.45) is 0 Å². The smallest absolute Gasteiger partial charge is 0.343 e. The molecule has 0 bridgehead atoms. The van der Waals surface area contributed by atoms with E-state index in [1.807, 2.05) is 0 Å². The van der Waals surface area contributed by atoms with Gasteiger partial charge in [0, 0.05) is 32.3 Å². The summed E-state index contributed by atoms with van der Waals surface area (Å²) >= 11 is 5.58. The minimum atomic E-state index is -0.975. The van der Waals surface area contributed by atoms with Crippen LogP contribution in [0.15, 0.2) is 9.47 Å². The molecule has 0 radical (unpaired) electrons. The van der Waals surface area contributed by atoms with Crippen LogP contribution in [-0.4, -0.2) is 11.1 Å². The molecular formula is C3H2Br2CdO2. The number of carboxylic acid groups (broad SMARTS) is 1. The fourth-order valence-corrected chi connectivity index (χ4v) is 0.243. The number of aliphatic carboxylic acids is 1. The number of halogens is 2. The normalized spacial score (nSPS) is 10.0. The molecule has 0 saturated carbocycles. The second-order valence-corrected chi connectivity index (χ2v) is 2.07. The molecule has 0 atom stereocenters. The van der Waals surface area contributed by atoms with Gasteiger partial charge in [0.05, 0.1) is 0 Å². The summed E-state index contributed by atoms with van der Waals surface area (Å²) in [5.74, 6) is -0.975. The molecule has 0 aromatic carbocycles. The molecule has 0 aliphatic rings. The molecule has 0 aromatic rings. The molecular weight excluding hydrogens is 340 g/mol. The zero-order chi connectivity index (χ0) is 5.86. The van der Waals surface area contributed by atoms with Crippen molar-refractivity contribution in [3.8, 4) is 0 Å². The minimum Gasteiger partial charge on any atom is -0.477 e. The van der Waals surface area contributed by atoms with Crippen LogP contribution in [0.25, 0.3) is 0 Å². The van der Waals surface area contributed by atoms with Crippen molar-refractivity contribution in [3.05, 3.63) is 9.47 Å². The van der Waals surface area contributed by atoms with Gasteiger partial charge in [-0.05, 0) is 15.9 Å². The van der Waals surface area contributed by atoms with Gasteiger partial charge in [0.2, 0.25) is 0 Å². The Morgan fingerprint density at radius 2 is 2.00 bits per heavy atom. The summed E-state index contributed by atoms with van der Waals surface area (Å²) in [5.41, 5.74) is 0. The number of rotatable bonds is 1. The van der Waals surface area contributed by atoms with Gasteiger partial charge < -0.3 is 5.11 Å². The number of carboxylic acids is 1. The maximum Gasteiger partial charge on any atom is 0.343 e. The zero-order valence-electron chi connectivity index (χ0n) is 3.90. The molecule has 0 aliphatic heterocycles. The number of carbonyl (C=O) groups is 1. The molecule has 0 aliphatic carbocycles. The van der Waals surface area contributed by atoms with Gasteiger partial charge in [-0.2, -0.15) is 0 Å². The SMILES string of the molecule is O=C(O)C(Br)=CBr.[Cd]. The maximum atomic E-state index is 9.79. The summed E-state index contributed by atoms with van der Waals surface area (Å²) in [6.07, 6.45) is 0. The number of hydrogen-bond donors (Lipinski definition) is 1. The van der Waals surface area contributed by atoms with Gasteiger partial charge in [-0.25, -0.2) is 4.79 Å². The molecule has 0 heterocycles. The van der Waals surface area contributed by atoms with Crippen LogP contribution in [0.1, 0.15) is 0 Å². The first-order valence-electron chi connectivity index (χ1n) is 1.37. The van der Waals surface area contributed by atoms with Gasteiger partial charge >= 0.3 is 5.97 Å². The van der Waals surface area contributed by atoms with E-state index in [1.165, 1.54) is 4.99 Å². The third kappa shape index (κ3) is 5.23. The van der Waals surface area contributed by atoms with Gasteiger partial charge in [-0.3, -0.25) is 0 Å². The predicted octanol–water partition coefficient (Wildman–Crippen LogP) is 1.70. The summed E-state index contributed by atoms with van der Waals surface area (Å²) < 4.78 is 0.118. The minimum absolute atomic E-state index is 0. The van der Waals surface area contributed by atoms with Crippen molar-refractivity contribution in [3.63, 3.8) is 0 Å². The first kappa shape index (κ1) is 11.8. The first-order valence-corrected chi connectivity index (χ1v) is 3.08. The summed E-state index contributed by atoms with van der Waals surface area (Å²) in [5, 5.41) is 8.04. The molecule has 0 amide bonds. The third-order valence-corrected chi connectivity index (χ3v) is 1.94. The van der Waals surface area contributed by atoms with Gasteiger partial charge in [0.15, 0.2) is 0 Å². The van der Waals surface area contributed by atoms with Crippen molar-refractivity contribution in [1.29, 1.82) is 0 Å². The summed E-state index contributed by atoms with van der Waals surface area (Å²) in [6, 6.07) is 0. The van der Waals surface area contributed by atoms with Crippen LogP contribution in [0.4, 0.5) is 0 Å². The van der Waals surface area contributed by atoms with Crippen LogP contribution >= 0.6 is 31.9 Å². The second-order valence-electron chi connectivity index (χ2n) is 0.762. The van der Waals surface area contributed by atoms with Gasteiger partial charge in [0.25, 0.3) is 0 Å². The molecule has 0 unspecified atom stereocenters. The maximum absolute atomic E-state index is 9.79. The molecule has 2 nitrogen and oxygen atoms in total. The van der Waals surface area contributed by atoms with E-state index in [-0.39, 0.29) is 31.8 Å². The molecule has 42 valence electrons. The Bertz CT molecular complexity index is 112. The van der Waals surface area contributed by atoms with E-state index in [4.69, 9.17) is 5.11 Å². The molecule has 8 heavy (non-hydrogen) atoms. The molecule has 0 saturated heterocycles. The van der Waals surface area contributed by atoms with Crippen LogP contribution in [0, 0.1) is 0 Å². The molecule has 0 rings (SSSR count). The van der Waals surface area contributed by atoms with Gasteiger partial charge in [-0.1, -0.05) is 15.9 Å². The zero-order valence-corrected chi connectivity index (χ0v) is 11.1. The molecule has 0 spiro atoms. The van der Waals surface area contributed by atoms with Crippen molar-refractivity contribution < 1.29 is 37.2 Å². The van der Waals surface area contributed by atoms with Crippen molar-refractivity contribution in [1.82, 2.24) is 0 Å². The van der Waals surface area contributed by atoms with E-state index in [1.54, 1.807) is 0 Å². The van der Waals surface area contributed by atoms with E-state index in [9.17, 15) is 4.79 Å². The van der Waals surface area contributed by atoms with E-state index >= 15 is 0 Å². The van der Waals surface area contributed by atoms with Crippen LogP contribution in [-0.2, 0) is 32.1 Å². The summed E-state index contributed by atoms with van der Waals surface area (Å²) in [4.78, 5) is 11.1. The predicted molar refractivity (Wildman–Crippen MR) is 33.6 cm³/mol. The monoisotopic (exact) mass is 342 g/mol. The van der Waals surface area contributed by atoms with Gasteiger partial charge in [0.1, 0.15) is 4.48 Å². The van der Waals surface area contributed by atoms with Crippen molar-refractivity contribution in [2.45, 2.75) is 0 Å². The summed E-state index contributed by atoms with van der Waals surface area (Å²) in [7, 11) is 0. The fourth-order valence-electron chi connectivity index (χ4n) is 0.0467. The molecule has 0 fully saturated rings. The Kier molecular flexibility index (Phi) is 9.20. The average molecular weight is 342 g/mol. The Hall–Kier alpha value is 1.09. The number of hydrogen-bond acceptors (Lipinski definition) is 1. The topological polar surface area (TPSA) is 37.3 Å². The van der Waals surface area contributed by atoms with Crippen molar-refractivity contribution in [2.75, 3.05) is 0 Å². The Balaban J connectivity index is 0. The van der Waals surface area contributed by atoms with E-state index in [0.717, 1.165) is 0 Å². The largest absolute Gasteiger partial charge is 0.477 e. The molecule has 5 heteroatoms. The van der Waals surface area contributed by atoms with E-state index in [2.05, 4.69) is 31.9 Å².